The number of nitrogens with zero attached hydrogens (tertiary/aromatic N) is 2. The second kappa shape index (κ2) is 6.30. The van der Waals surface area contributed by atoms with Gasteiger partial charge < -0.3 is 15.2 Å². The highest BCUT2D eigenvalue weighted by Gasteiger charge is 2.37. The van der Waals surface area contributed by atoms with E-state index in [0.717, 1.165) is 37.2 Å². The Kier molecular flexibility index (Phi) is 4.71. The van der Waals surface area contributed by atoms with Crippen molar-refractivity contribution in [2.24, 2.45) is 0 Å². The van der Waals surface area contributed by atoms with E-state index < -0.39 is 0 Å². The Hall–Kier alpha value is -1.20. The molecule has 0 aliphatic heterocycles. The van der Waals surface area contributed by atoms with Gasteiger partial charge in [0.2, 0.25) is 0 Å². The second-order valence-corrected chi connectivity index (χ2v) is 5.03. The van der Waals surface area contributed by atoms with E-state index in [1.807, 2.05) is 6.92 Å². The molecule has 1 fully saturated rings. The average Bonchev–Trinajstić information content (AvgIpc) is 2.40. The van der Waals surface area contributed by atoms with Gasteiger partial charge in [0.15, 0.2) is 5.82 Å². The van der Waals surface area contributed by atoms with Crippen molar-refractivity contribution in [1.82, 2.24) is 9.97 Å². The van der Waals surface area contributed by atoms with E-state index in [9.17, 15) is 0 Å². The molecule has 1 aromatic rings. The van der Waals surface area contributed by atoms with Crippen molar-refractivity contribution in [3.8, 4) is 0 Å². The maximum atomic E-state index is 6.02. The molecule has 0 bridgehead atoms. The molecule has 5 nitrogen and oxygen atoms in total. The van der Waals surface area contributed by atoms with Gasteiger partial charge in [-0.2, -0.15) is 0 Å². The van der Waals surface area contributed by atoms with Crippen LogP contribution in [0.3, 0.4) is 0 Å². The van der Waals surface area contributed by atoms with Crippen LogP contribution in [0.1, 0.15) is 50.5 Å². The Morgan fingerprint density at radius 1 is 1.26 bits per heavy atom. The molecule has 0 unspecified atom stereocenters. The van der Waals surface area contributed by atoms with E-state index in [1.165, 1.54) is 6.42 Å². The Labute approximate surface area is 114 Å². The third-order valence-corrected chi connectivity index (χ3v) is 3.58. The zero-order valence-corrected chi connectivity index (χ0v) is 11.8. The number of methoxy groups -OCH3 is 1. The SMILES string of the molecule is CCOC1(c2nc(N)cc(COC)n2)CCCCC1. The van der Waals surface area contributed by atoms with E-state index >= 15 is 0 Å². The zero-order chi connectivity index (χ0) is 13.7. The summed E-state index contributed by atoms with van der Waals surface area (Å²) in [4.78, 5) is 9.01. The molecule has 1 aromatic heterocycles. The minimum atomic E-state index is -0.356. The van der Waals surface area contributed by atoms with Crippen molar-refractivity contribution in [3.63, 3.8) is 0 Å². The van der Waals surface area contributed by atoms with Crippen LogP contribution in [0.5, 0.6) is 0 Å². The highest BCUT2D eigenvalue weighted by atomic mass is 16.5. The summed E-state index contributed by atoms with van der Waals surface area (Å²) in [5.74, 6) is 1.21. The van der Waals surface area contributed by atoms with Gasteiger partial charge in [-0.15, -0.1) is 0 Å². The van der Waals surface area contributed by atoms with Crippen molar-refractivity contribution in [2.75, 3.05) is 19.5 Å². The lowest BCUT2D eigenvalue weighted by Crippen LogP contribution is -2.35. The normalized spacial score (nSPS) is 18.4. The van der Waals surface area contributed by atoms with E-state index in [1.54, 1.807) is 13.2 Å². The molecule has 1 heterocycles. The molecule has 0 amide bonds. The highest BCUT2D eigenvalue weighted by molar-refractivity contribution is 5.31. The van der Waals surface area contributed by atoms with Crippen LogP contribution in [0.15, 0.2) is 6.07 Å². The van der Waals surface area contributed by atoms with Crippen LogP contribution in [-0.4, -0.2) is 23.7 Å². The lowest BCUT2D eigenvalue weighted by atomic mass is 9.83. The Morgan fingerprint density at radius 2 is 2.00 bits per heavy atom. The standard InChI is InChI=1S/C14H23N3O2/c1-3-19-14(7-5-4-6-8-14)13-16-11(10-18-2)9-12(15)17-13/h9H,3-8,10H2,1-2H3,(H2,15,16,17). The fraction of sp³-hybridized carbons (Fsp3) is 0.714. The monoisotopic (exact) mass is 265 g/mol. The van der Waals surface area contributed by atoms with Crippen molar-refractivity contribution in [3.05, 3.63) is 17.6 Å². The fourth-order valence-corrected chi connectivity index (χ4v) is 2.78. The van der Waals surface area contributed by atoms with Gasteiger partial charge in [0.25, 0.3) is 0 Å². The van der Waals surface area contributed by atoms with E-state index in [-0.39, 0.29) is 5.60 Å². The van der Waals surface area contributed by atoms with Gasteiger partial charge >= 0.3 is 0 Å². The van der Waals surface area contributed by atoms with Crippen LogP contribution in [0, 0.1) is 0 Å². The molecule has 0 spiro atoms. The molecule has 0 radical (unpaired) electrons. The smallest absolute Gasteiger partial charge is 0.162 e. The fourth-order valence-electron chi connectivity index (χ4n) is 2.78. The summed E-state index contributed by atoms with van der Waals surface area (Å²) in [6.07, 6.45) is 5.49. The van der Waals surface area contributed by atoms with E-state index in [4.69, 9.17) is 15.2 Å². The summed E-state index contributed by atoms with van der Waals surface area (Å²) >= 11 is 0. The number of hydrogen-bond acceptors (Lipinski definition) is 5. The summed E-state index contributed by atoms with van der Waals surface area (Å²) in [6, 6.07) is 1.76. The summed E-state index contributed by atoms with van der Waals surface area (Å²) in [5.41, 5.74) is 6.35. The lowest BCUT2D eigenvalue weighted by Gasteiger charge is -2.35. The van der Waals surface area contributed by atoms with Gasteiger partial charge in [-0.1, -0.05) is 19.3 Å². The van der Waals surface area contributed by atoms with E-state index in [2.05, 4.69) is 9.97 Å². The number of ether oxygens (including phenoxy) is 2. The van der Waals surface area contributed by atoms with Gasteiger partial charge in [-0.05, 0) is 19.8 Å². The summed E-state index contributed by atoms with van der Waals surface area (Å²) < 4.78 is 11.2. The van der Waals surface area contributed by atoms with Crippen molar-refractivity contribution < 1.29 is 9.47 Å². The first-order valence-electron chi connectivity index (χ1n) is 6.97. The predicted molar refractivity (Wildman–Crippen MR) is 73.5 cm³/mol. The molecule has 19 heavy (non-hydrogen) atoms. The van der Waals surface area contributed by atoms with Gasteiger partial charge in [-0.3, -0.25) is 0 Å². The summed E-state index contributed by atoms with van der Waals surface area (Å²) in [6.45, 7) is 3.12. The number of nitrogens with two attached hydrogens (primary N) is 1. The molecular weight excluding hydrogens is 242 g/mol. The Balaban J connectivity index is 2.34. The third kappa shape index (κ3) is 3.22. The first-order chi connectivity index (χ1) is 9.20. The van der Waals surface area contributed by atoms with Gasteiger partial charge in [0.05, 0.1) is 12.3 Å². The summed E-state index contributed by atoms with van der Waals surface area (Å²) in [7, 11) is 1.65. The molecule has 5 heteroatoms. The quantitative estimate of drug-likeness (QED) is 0.885. The van der Waals surface area contributed by atoms with Crippen molar-refractivity contribution >= 4 is 5.82 Å². The van der Waals surface area contributed by atoms with Crippen molar-refractivity contribution in [2.45, 2.75) is 51.2 Å². The number of rotatable bonds is 5. The van der Waals surface area contributed by atoms with Gasteiger partial charge in [0.1, 0.15) is 11.4 Å². The molecule has 1 aliphatic rings. The second-order valence-electron chi connectivity index (χ2n) is 5.03. The molecule has 0 atom stereocenters. The summed E-state index contributed by atoms with van der Waals surface area (Å²) in [5, 5.41) is 0. The van der Waals surface area contributed by atoms with Crippen LogP contribution in [0.4, 0.5) is 5.82 Å². The number of nitrogen functional groups attached to an aromatic ring is 1. The van der Waals surface area contributed by atoms with Crippen LogP contribution in [0.2, 0.25) is 0 Å². The first kappa shape index (κ1) is 14.2. The largest absolute Gasteiger partial charge is 0.384 e. The lowest BCUT2D eigenvalue weighted by molar-refractivity contribution is -0.0768. The van der Waals surface area contributed by atoms with Crippen LogP contribution in [0.25, 0.3) is 0 Å². The van der Waals surface area contributed by atoms with Crippen LogP contribution >= 0.6 is 0 Å². The van der Waals surface area contributed by atoms with Gasteiger partial charge in [-0.25, -0.2) is 9.97 Å². The average molecular weight is 265 g/mol. The maximum Gasteiger partial charge on any atom is 0.162 e. The number of hydrogen-bond donors (Lipinski definition) is 1. The minimum Gasteiger partial charge on any atom is -0.384 e. The van der Waals surface area contributed by atoms with Crippen molar-refractivity contribution in [1.29, 1.82) is 0 Å². The molecule has 2 N–H and O–H groups in total. The minimum absolute atomic E-state index is 0.356. The Bertz CT molecular complexity index is 412. The molecule has 0 aromatic carbocycles. The maximum absolute atomic E-state index is 6.02. The molecule has 0 saturated heterocycles. The Morgan fingerprint density at radius 3 is 2.63 bits per heavy atom. The molecule has 2 rings (SSSR count). The first-order valence-corrected chi connectivity index (χ1v) is 6.97. The van der Waals surface area contributed by atoms with Crippen LogP contribution < -0.4 is 5.73 Å². The van der Waals surface area contributed by atoms with E-state index in [0.29, 0.717) is 19.0 Å². The molecule has 1 aliphatic carbocycles. The van der Waals surface area contributed by atoms with Gasteiger partial charge in [0, 0.05) is 19.8 Å². The molecule has 1 saturated carbocycles. The topological polar surface area (TPSA) is 70.3 Å². The van der Waals surface area contributed by atoms with Crippen LogP contribution in [-0.2, 0) is 21.7 Å². The predicted octanol–water partition coefficient (Wildman–Crippen LogP) is 2.40. The highest BCUT2D eigenvalue weighted by Crippen LogP contribution is 2.39. The third-order valence-electron chi connectivity index (χ3n) is 3.58. The number of anilines is 1. The molecule has 106 valence electrons. The molecular formula is C14H23N3O2. The zero-order valence-electron chi connectivity index (χ0n) is 11.8. The number of aromatic nitrogens is 2.